The molecule has 32 heavy (non-hydrogen) atoms. The van der Waals surface area contributed by atoms with Crippen LogP contribution in [0, 0.1) is 0 Å². The Morgan fingerprint density at radius 2 is 1.91 bits per heavy atom. The average molecular weight is 450 g/mol. The summed E-state index contributed by atoms with van der Waals surface area (Å²) in [5.41, 5.74) is 3.47. The van der Waals surface area contributed by atoms with Gasteiger partial charge in [-0.05, 0) is 55.0 Å². The van der Waals surface area contributed by atoms with E-state index in [1.54, 1.807) is 30.7 Å². The lowest BCUT2D eigenvalue weighted by molar-refractivity contribution is 0.605. The van der Waals surface area contributed by atoms with Crippen LogP contribution in [-0.4, -0.2) is 26.4 Å². The van der Waals surface area contributed by atoms with Crippen LogP contribution in [0.4, 0.5) is 5.69 Å². The molecule has 168 valence electrons. The molecular formula is C26H31N3O2S. The SMILES string of the molecule is C=C/C(=C\N=C)C(c1cccnc1)N(C1=CCCC(S(C)(=O)=O)=C1)c1ccccc1.CC. The van der Waals surface area contributed by atoms with Gasteiger partial charge in [-0.1, -0.05) is 56.8 Å². The van der Waals surface area contributed by atoms with Gasteiger partial charge in [-0.25, -0.2) is 8.42 Å². The van der Waals surface area contributed by atoms with Crippen molar-refractivity contribution in [2.45, 2.75) is 32.7 Å². The van der Waals surface area contributed by atoms with Crippen LogP contribution in [0.25, 0.3) is 0 Å². The van der Waals surface area contributed by atoms with Gasteiger partial charge in [0.25, 0.3) is 0 Å². The molecule has 0 bridgehead atoms. The van der Waals surface area contributed by atoms with Crippen molar-refractivity contribution in [2.75, 3.05) is 11.2 Å². The van der Waals surface area contributed by atoms with Gasteiger partial charge in [0, 0.05) is 41.1 Å². The molecule has 0 saturated carbocycles. The number of hydrogen-bond donors (Lipinski definition) is 0. The first-order valence-corrected chi connectivity index (χ1v) is 12.5. The van der Waals surface area contributed by atoms with E-state index in [9.17, 15) is 8.42 Å². The smallest absolute Gasteiger partial charge is 0.171 e. The van der Waals surface area contributed by atoms with Gasteiger partial charge in [-0.15, -0.1) is 0 Å². The van der Waals surface area contributed by atoms with Crippen LogP contribution >= 0.6 is 0 Å². The Hall–Kier alpha value is -3.25. The van der Waals surface area contributed by atoms with E-state index in [-0.39, 0.29) is 6.04 Å². The number of anilines is 1. The minimum Gasteiger partial charge on any atom is -0.330 e. The second-order valence-corrected chi connectivity index (χ2v) is 9.03. The zero-order valence-electron chi connectivity index (χ0n) is 19.0. The third-order valence-electron chi connectivity index (χ3n) is 4.89. The molecule has 1 aromatic heterocycles. The average Bonchev–Trinajstić information content (AvgIpc) is 2.83. The fourth-order valence-corrected chi connectivity index (χ4v) is 4.35. The number of nitrogens with zero attached hydrogens (tertiary/aromatic N) is 3. The van der Waals surface area contributed by atoms with Gasteiger partial charge in [-0.3, -0.25) is 9.98 Å². The lowest BCUT2D eigenvalue weighted by atomic mass is 9.96. The van der Waals surface area contributed by atoms with E-state index in [1.807, 2.05) is 56.3 Å². The summed E-state index contributed by atoms with van der Waals surface area (Å²) in [5, 5.41) is 0. The van der Waals surface area contributed by atoms with Crippen LogP contribution < -0.4 is 4.90 Å². The molecule has 0 aliphatic heterocycles. The molecule has 5 nitrogen and oxygen atoms in total. The molecule has 1 aliphatic carbocycles. The molecule has 1 atom stereocenters. The third kappa shape index (κ3) is 6.14. The van der Waals surface area contributed by atoms with E-state index in [0.29, 0.717) is 17.7 Å². The number of sulfone groups is 1. The normalized spacial score (nSPS) is 14.8. The Balaban J connectivity index is 0.00000176. The lowest BCUT2D eigenvalue weighted by Gasteiger charge is -2.36. The van der Waals surface area contributed by atoms with Crippen LogP contribution in [0.5, 0.6) is 0 Å². The lowest BCUT2D eigenvalue weighted by Crippen LogP contribution is -2.30. The molecule has 1 aromatic carbocycles. The molecule has 0 amide bonds. The van der Waals surface area contributed by atoms with Crippen LogP contribution in [0.2, 0.25) is 0 Å². The Morgan fingerprint density at radius 1 is 1.19 bits per heavy atom. The number of pyridine rings is 1. The maximum atomic E-state index is 12.2. The summed E-state index contributed by atoms with van der Waals surface area (Å²) in [7, 11) is -3.28. The summed E-state index contributed by atoms with van der Waals surface area (Å²) < 4.78 is 24.5. The molecular weight excluding hydrogens is 418 g/mol. The molecule has 0 fully saturated rings. The zero-order valence-corrected chi connectivity index (χ0v) is 19.8. The van der Waals surface area contributed by atoms with Crippen molar-refractivity contribution in [3.63, 3.8) is 0 Å². The first-order chi connectivity index (χ1) is 15.5. The highest BCUT2D eigenvalue weighted by Crippen LogP contribution is 2.38. The topological polar surface area (TPSA) is 62.6 Å². The van der Waals surface area contributed by atoms with Gasteiger partial charge in [0.2, 0.25) is 0 Å². The van der Waals surface area contributed by atoms with Gasteiger partial charge in [-0.2, -0.15) is 0 Å². The van der Waals surface area contributed by atoms with Gasteiger partial charge in [0.1, 0.15) is 0 Å². The number of hydrogen-bond acceptors (Lipinski definition) is 5. The maximum absolute atomic E-state index is 12.2. The van der Waals surface area contributed by atoms with Gasteiger partial charge in [0.05, 0.1) is 6.04 Å². The highest BCUT2D eigenvalue weighted by molar-refractivity contribution is 7.94. The predicted octanol–water partition coefficient (Wildman–Crippen LogP) is 6.03. The Labute approximate surface area is 192 Å². The molecule has 2 aromatic rings. The quantitative estimate of drug-likeness (QED) is 0.364. The highest BCUT2D eigenvalue weighted by atomic mass is 32.2. The standard InChI is InChI=1S/C24H25N3O2S.C2H6/c1-4-19(17-25-2)24(20-10-9-15-26-18-20)27(21-11-6-5-7-12-21)22-13-8-14-23(16-22)30(3,28)29;1-2/h4-7,9-13,15-18,24H,1-2,8,14H2,3H3;1-2H3/b19-17+;. The fourth-order valence-electron chi connectivity index (χ4n) is 3.52. The van der Waals surface area contributed by atoms with Crippen LogP contribution in [0.3, 0.4) is 0 Å². The van der Waals surface area contributed by atoms with Crippen molar-refractivity contribution >= 4 is 22.2 Å². The Morgan fingerprint density at radius 3 is 2.47 bits per heavy atom. The molecule has 1 unspecified atom stereocenters. The predicted molar refractivity (Wildman–Crippen MR) is 135 cm³/mol. The molecule has 3 rings (SSSR count). The van der Waals surface area contributed by atoms with Gasteiger partial charge >= 0.3 is 0 Å². The van der Waals surface area contributed by atoms with E-state index in [4.69, 9.17) is 0 Å². The van der Waals surface area contributed by atoms with E-state index in [2.05, 4.69) is 34.2 Å². The zero-order chi connectivity index (χ0) is 23.6. The molecule has 6 heteroatoms. The third-order valence-corrected chi connectivity index (χ3v) is 6.17. The summed E-state index contributed by atoms with van der Waals surface area (Å²) in [6.45, 7) is 11.6. The second kappa shape index (κ2) is 12.0. The van der Waals surface area contributed by atoms with Crippen molar-refractivity contribution in [3.05, 3.63) is 108 Å². The molecule has 0 N–H and O–H groups in total. The van der Waals surface area contributed by atoms with E-state index < -0.39 is 9.84 Å². The highest BCUT2D eigenvalue weighted by Gasteiger charge is 2.28. The van der Waals surface area contributed by atoms with Crippen molar-refractivity contribution in [1.29, 1.82) is 0 Å². The second-order valence-electron chi connectivity index (χ2n) is 6.96. The largest absolute Gasteiger partial charge is 0.330 e. The first kappa shape index (κ1) is 25.0. The minimum absolute atomic E-state index is 0.314. The fraction of sp³-hybridized carbons (Fsp3) is 0.231. The summed E-state index contributed by atoms with van der Waals surface area (Å²) >= 11 is 0. The number of aromatic nitrogens is 1. The Bertz CT molecular complexity index is 1100. The summed E-state index contributed by atoms with van der Waals surface area (Å²) in [4.78, 5) is 10.8. The van der Waals surface area contributed by atoms with Crippen molar-refractivity contribution < 1.29 is 8.42 Å². The van der Waals surface area contributed by atoms with Crippen molar-refractivity contribution in [1.82, 2.24) is 4.98 Å². The molecule has 0 saturated heterocycles. The Kier molecular flexibility index (Phi) is 9.35. The van der Waals surface area contributed by atoms with Crippen LogP contribution in [-0.2, 0) is 9.84 Å². The van der Waals surface area contributed by atoms with Gasteiger partial charge in [0.15, 0.2) is 9.84 Å². The number of allylic oxidation sites excluding steroid dienone is 3. The van der Waals surface area contributed by atoms with E-state index in [1.165, 1.54) is 6.26 Å². The molecule has 0 spiro atoms. The van der Waals surface area contributed by atoms with Gasteiger partial charge < -0.3 is 4.90 Å². The molecule has 1 aliphatic rings. The summed E-state index contributed by atoms with van der Waals surface area (Å²) in [5.74, 6) is 0. The molecule has 0 radical (unpaired) electrons. The summed E-state index contributed by atoms with van der Waals surface area (Å²) in [6.07, 6.45) is 13.2. The number of aliphatic imine (C=N–C) groups is 1. The minimum atomic E-state index is -3.28. The first-order valence-electron chi connectivity index (χ1n) is 10.6. The maximum Gasteiger partial charge on any atom is 0.171 e. The van der Waals surface area contributed by atoms with Crippen molar-refractivity contribution in [2.24, 2.45) is 4.99 Å². The van der Waals surface area contributed by atoms with Crippen LogP contribution in [0.15, 0.2) is 107 Å². The summed E-state index contributed by atoms with van der Waals surface area (Å²) in [6, 6.07) is 13.4. The monoisotopic (exact) mass is 449 g/mol. The molecule has 1 heterocycles. The van der Waals surface area contributed by atoms with E-state index in [0.717, 1.165) is 22.5 Å². The number of benzene rings is 1. The number of rotatable bonds is 8. The van der Waals surface area contributed by atoms with E-state index >= 15 is 0 Å². The van der Waals surface area contributed by atoms with Crippen molar-refractivity contribution in [3.8, 4) is 0 Å². The number of para-hydroxylation sites is 1. The van der Waals surface area contributed by atoms with Crippen LogP contribution in [0.1, 0.15) is 38.3 Å².